The second-order valence-corrected chi connectivity index (χ2v) is 24.6. The third-order valence-corrected chi connectivity index (χ3v) is 24.4. The Bertz CT molecular complexity index is 3630. The second-order valence-electron chi connectivity index (χ2n) is 17.2. The first-order valence-corrected chi connectivity index (χ1v) is 26.3. The van der Waals surface area contributed by atoms with Crippen molar-refractivity contribution in [3.05, 3.63) is 255 Å². The Kier molecular flexibility index (Phi) is 8.29. The van der Waals surface area contributed by atoms with Crippen LogP contribution in [0.3, 0.4) is 0 Å². The van der Waals surface area contributed by atoms with E-state index in [9.17, 15) is 0 Å². The highest BCUT2D eigenvalue weighted by atomic mass is 28.3. The third-order valence-electron chi connectivity index (χ3n) is 14.1. The molecule has 0 amide bonds. The van der Waals surface area contributed by atoms with E-state index in [1.165, 1.54) is 90.8 Å². The molecule has 0 unspecified atom stereocenters. The van der Waals surface area contributed by atoms with Crippen LogP contribution in [0, 0.1) is 0 Å². The number of aromatic nitrogens is 2. The first-order chi connectivity index (χ1) is 31.8. The molecule has 0 saturated carbocycles. The van der Waals surface area contributed by atoms with Gasteiger partial charge >= 0.3 is 0 Å². The van der Waals surface area contributed by atoms with Crippen LogP contribution in [0.1, 0.15) is 0 Å². The van der Waals surface area contributed by atoms with Gasteiger partial charge in [-0.3, -0.25) is 0 Å². The minimum Gasteiger partial charge on any atom is -0.309 e. The summed E-state index contributed by atoms with van der Waals surface area (Å²) < 4.78 is 4.93. The van der Waals surface area contributed by atoms with Gasteiger partial charge in [0, 0.05) is 32.9 Å². The Morgan fingerprint density at radius 1 is 0.219 bits per heavy atom. The number of nitrogens with zero attached hydrogens (tertiary/aromatic N) is 2. The highest BCUT2D eigenvalue weighted by Gasteiger charge is 2.56. The summed E-state index contributed by atoms with van der Waals surface area (Å²) in [6.07, 6.45) is 0. The minimum atomic E-state index is -3.02. The molecule has 3 heterocycles. The summed E-state index contributed by atoms with van der Waals surface area (Å²) in [7, 11) is -5.84. The summed E-state index contributed by atoms with van der Waals surface area (Å²) in [4.78, 5) is 0. The standard InChI is InChI=1S/C60H42N2Si2/c1-5-21-43(22-6-1)61-54-32-16-14-30-50(54)52-41-44(37-40-55(52)61)62-53-31-15-13-29-49(53)51-39-38-48(42-56(51)62)64(47-27-11-4-12-28-47)59-35-19-17-33-57(59)63(45-23-7-2-8-24-45,46-25-9-3-10-26-46)58-34-18-20-36-60(58)64/h1-42H. The van der Waals surface area contributed by atoms with Gasteiger partial charge in [0.2, 0.25) is 0 Å². The van der Waals surface area contributed by atoms with Gasteiger partial charge in [-0.2, -0.15) is 0 Å². The number of benzene rings is 10. The molecule has 1 aliphatic heterocycles. The summed E-state index contributed by atoms with van der Waals surface area (Å²) in [5.74, 6) is 0. The van der Waals surface area contributed by atoms with E-state index in [1.807, 2.05) is 0 Å². The van der Waals surface area contributed by atoms with E-state index in [0.717, 1.165) is 5.69 Å². The fourth-order valence-electron chi connectivity index (χ4n) is 11.6. The van der Waals surface area contributed by atoms with E-state index in [-0.39, 0.29) is 0 Å². The summed E-state index contributed by atoms with van der Waals surface area (Å²) in [5.41, 5.74) is 7.17. The van der Waals surface area contributed by atoms with Crippen LogP contribution in [-0.2, 0) is 0 Å². The normalized spacial score (nSPS) is 13.9. The molecule has 4 heteroatoms. The molecular weight excluding hydrogens is 805 g/mol. The molecule has 0 atom stereocenters. The van der Waals surface area contributed by atoms with Crippen molar-refractivity contribution in [3.8, 4) is 11.4 Å². The predicted octanol–water partition coefficient (Wildman–Crippen LogP) is 8.95. The number of rotatable bonds is 6. The van der Waals surface area contributed by atoms with Crippen molar-refractivity contribution >= 4 is 101 Å². The molecule has 0 N–H and O–H groups in total. The molecule has 13 rings (SSSR count). The molecule has 0 spiro atoms. The first-order valence-electron chi connectivity index (χ1n) is 22.3. The number of hydrogen-bond donors (Lipinski definition) is 0. The maximum absolute atomic E-state index is 3.02. The SMILES string of the molecule is c1ccc(-n2c3ccccc3c3cc(-n4c5ccccc5c5ccc([Si]6(c7ccccc7)c7ccccc7[Si](c7ccccc7)(c7ccccc7)c7ccccc76)cc54)ccc32)cc1. The van der Waals surface area contributed by atoms with Gasteiger partial charge in [0.25, 0.3) is 0 Å². The van der Waals surface area contributed by atoms with Crippen molar-refractivity contribution < 1.29 is 0 Å². The average molecular weight is 847 g/mol. The average Bonchev–Trinajstić information content (AvgIpc) is 3.89. The second kappa shape index (κ2) is 14.4. The largest absolute Gasteiger partial charge is 0.309 e. The number of para-hydroxylation sites is 3. The van der Waals surface area contributed by atoms with Gasteiger partial charge in [0.1, 0.15) is 0 Å². The van der Waals surface area contributed by atoms with Gasteiger partial charge in [-0.15, -0.1) is 0 Å². The first kappa shape index (κ1) is 36.8. The smallest absolute Gasteiger partial charge is 0.179 e. The summed E-state index contributed by atoms with van der Waals surface area (Å²) >= 11 is 0. The molecule has 0 saturated heterocycles. The topological polar surface area (TPSA) is 9.86 Å². The maximum Gasteiger partial charge on any atom is 0.179 e. The van der Waals surface area contributed by atoms with Gasteiger partial charge in [0.05, 0.1) is 22.1 Å². The van der Waals surface area contributed by atoms with Crippen LogP contribution in [0.4, 0.5) is 0 Å². The van der Waals surface area contributed by atoms with E-state index in [2.05, 4.69) is 264 Å². The van der Waals surface area contributed by atoms with Crippen molar-refractivity contribution in [2.24, 2.45) is 0 Å². The van der Waals surface area contributed by atoms with Gasteiger partial charge in [-0.1, -0.05) is 206 Å². The molecular formula is C60H42N2Si2. The minimum absolute atomic E-state index is 1.16. The van der Waals surface area contributed by atoms with Crippen molar-refractivity contribution in [3.63, 3.8) is 0 Å². The van der Waals surface area contributed by atoms with E-state index in [4.69, 9.17) is 0 Å². The van der Waals surface area contributed by atoms with Crippen molar-refractivity contribution in [2.75, 3.05) is 0 Å². The van der Waals surface area contributed by atoms with Crippen molar-refractivity contribution in [1.82, 2.24) is 9.13 Å². The molecule has 12 aromatic rings. The highest BCUT2D eigenvalue weighted by molar-refractivity contribution is 7.32. The molecule has 0 aliphatic carbocycles. The Morgan fingerprint density at radius 3 is 1.11 bits per heavy atom. The molecule has 2 nitrogen and oxygen atoms in total. The van der Waals surface area contributed by atoms with Crippen LogP contribution in [0.25, 0.3) is 55.0 Å². The predicted molar refractivity (Wildman–Crippen MR) is 276 cm³/mol. The lowest BCUT2D eigenvalue weighted by molar-refractivity contribution is 1.17. The fourth-order valence-corrected chi connectivity index (χ4v) is 23.7. The Morgan fingerprint density at radius 2 is 0.594 bits per heavy atom. The van der Waals surface area contributed by atoms with E-state index >= 15 is 0 Å². The van der Waals surface area contributed by atoms with Crippen molar-refractivity contribution in [2.45, 2.75) is 0 Å². The van der Waals surface area contributed by atoms with Crippen LogP contribution in [0.15, 0.2) is 255 Å². The lowest BCUT2D eigenvalue weighted by Gasteiger charge is -2.48. The van der Waals surface area contributed by atoms with Gasteiger partial charge in [0.15, 0.2) is 16.1 Å². The third kappa shape index (κ3) is 5.06. The van der Waals surface area contributed by atoms with E-state index in [1.54, 1.807) is 0 Å². The van der Waals surface area contributed by atoms with Gasteiger partial charge < -0.3 is 9.13 Å². The molecule has 0 fully saturated rings. The van der Waals surface area contributed by atoms with Crippen LogP contribution in [0.2, 0.25) is 0 Å². The number of hydrogen-bond acceptors (Lipinski definition) is 0. The maximum atomic E-state index is 2.58. The molecule has 300 valence electrons. The monoisotopic (exact) mass is 846 g/mol. The molecule has 64 heavy (non-hydrogen) atoms. The van der Waals surface area contributed by atoms with Crippen LogP contribution in [-0.4, -0.2) is 25.3 Å². The van der Waals surface area contributed by atoms with E-state index in [0.29, 0.717) is 0 Å². The summed E-state index contributed by atoms with van der Waals surface area (Å²) in [5, 5.41) is 16.6. The molecule has 10 aromatic carbocycles. The van der Waals surface area contributed by atoms with Crippen LogP contribution < -0.4 is 41.5 Å². The van der Waals surface area contributed by atoms with Crippen LogP contribution in [0.5, 0.6) is 0 Å². The Hall–Kier alpha value is -7.77. The number of fused-ring (bicyclic) bond motifs is 8. The van der Waals surface area contributed by atoms with Crippen molar-refractivity contribution in [1.29, 1.82) is 0 Å². The molecule has 0 radical (unpaired) electrons. The zero-order valence-corrected chi connectivity index (χ0v) is 37.1. The van der Waals surface area contributed by atoms with Gasteiger partial charge in [-0.25, -0.2) is 0 Å². The zero-order valence-electron chi connectivity index (χ0n) is 35.1. The lowest BCUT2D eigenvalue weighted by atomic mass is 10.1. The lowest BCUT2D eigenvalue weighted by Crippen LogP contribution is -2.93. The quantitative estimate of drug-likeness (QED) is 0.148. The highest BCUT2D eigenvalue weighted by Crippen LogP contribution is 2.37. The summed E-state index contributed by atoms with van der Waals surface area (Å²) in [6, 6.07) is 96.5. The van der Waals surface area contributed by atoms with Gasteiger partial charge in [-0.05, 0) is 90.0 Å². The molecule has 1 aliphatic rings. The zero-order chi connectivity index (χ0) is 42.2. The van der Waals surface area contributed by atoms with E-state index < -0.39 is 16.1 Å². The Balaban J connectivity index is 1.13. The Labute approximate surface area is 374 Å². The summed E-state index contributed by atoms with van der Waals surface area (Å²) in [6.45, 7) is 0. The molecule has 2 aromatic heterocycles. The van der Waals surface area contributed by atoms with Crippen LogP contribution >= 0.6 is 0 Å². The molecule has 0 bridgehead atoms. The fraction of sp³-hybridized carbons (Fsp3) is 0.